The summed E-state index contributed by atoms with van der Waals surface area (Å²) < 4.78 is 10.4. The summed E-state index contributed by atoms with van der Waals surface area (Å²) in [5, 5.41) is 4.13. The summed E-state index contributed by atoms with van der Waals surface area (Å²) in [6, 6.07) is 7.51. The second kappa shape index (κ2) is 9.68. The summed E-state index contributed by atoms with van der Waals surface area (Å²) in [6.07, 6.45) is 2.82. The maximum absolute atomic E-state index is 12.0. The highest BCUT2D eigenvalue weighted by Gasteiger charge is 2.21. The Bertz CT molecular complexity index is 613. The fourth-order valence-electron chi connectivity index (χ4n) is 2.38. The van der Waals surface area contributed by atoms with Crippen LogP contribution >= 0.6 is 0 Å². The Morgan fingerprint density at radius 3 is 2.76 bits per heavy atom. The van der Waals surface area contributed by atoms with Gasteiger partial charge in [0.05, 0.1) is 12.8 Å². The number of methoxy groups -OCH3 is 1. The van der Waals surface area contributed by atoms with Crippen molar-refractivity contribution in [3.05, 3.63) is 35.9 Å². The molecule has 0 bridgehead atoms. The number of rotatable bonds is 9. The molecule has 0 atom stereocenters. The third-order valence-electron chi connectivity index (χ3n) is 3.73. The van der Waals surface area contributed by atoms with E-state index in [0.717, 1.165) is 23.4 Å². The monoisotopic (exact) mass is 347 g/mol. The van der Waals surface area contributed by atoms with Crippen molar-refractivity contribution in [2.45, 2.75) is 19.8 Å². The minimum atomic E-state index is -0.201. The predicted octanol–water partition coefficient (Wildman–Crippen LogP) is 1.32. The van der Waals surface area contributed by atoms with Crippen LogP contribution in [0.5, 0.6) is 5.75 Å². The summed E-state index contributed by atoms with van der Waals surface area (Å²) in [4.78, 5) is 24.0. The van der Waals surface area contributed by atoms with Gasteiger partial charge in [-0.05, 0) is 49.2 Å². The van der Waals surface area contributed by atoms with E-state index in [-0.39, 0.29) is 24.8 Å². The van der Waals surface area contributed by atoms with E-state index in [9.17, 15) is 9.59 Å². The third-order valence-corrected chi connectivity index (χ3v) is 3.73. The standard InChI is InChI=1S/C18H25N3O4/c1-3-25-12-4-11-19-17(22)13-21-18(23)10-9-16(20-21)14-5-7-15(24-2)8-6-14/h5-9,20H,3-4,10-13H2,1-2H3,(H,19,22). The minimum Gasteiger partial charge on any atom is -0.497 e. The van der Waals surface area contributed by atoms with Crippen LogP contribution in [0, 0.1) is 0 Å². The molecular formula is C18H25N3O4. The SMILES string of the molecule is CCOCCCNC(=O)CN1NC(c2ccc(OC)cc2)=CCC1=O. The minimum absolute atomic E-state index is 0.0268. The molecule has 0 unspecified atom stereocenters. The Hall–Kier alpha value is -2.54. The lowest BCUT2D eigenvalue weighted by molar-refractivity contribution is -0.137. The molecule has 1 aromatic carbocycles. The first-order valence-corrected chi connectivity index (χ1v) is 8.40. The first-order valence-electron chi connectivity index (χ1n) is 8.40. The maximum atomic E-state index is 12.0. The van der Waals surface area contributed by atoms with Crippen molar-refractivity contribution >= 4 is 17.5 Å². The van der Waals surface area contributed by atoms with Crippen LogP contribution < -0.4 is 15.5 Å². The molecule has 7 nitrogen and oxygen atoms in total. The van der Waals surface area contributed by atoms with E-state index in [1.807, 2.05) is 37.3 Å². The Morgan fingerprint density at radius 1 is 1.32 bits per heavy atom. The average molecular weight is 347 g/mol. The van der Waals surface area contributed by atoms with Gasteiger partial charge < -0.3 is 14.8 Å². The van der Waals surface area contributed by atoms with Crippen LogP contribution in [0.3, 0.4) is 0 Å². The Balaban J connectivity index is 1.86. The van der Waals surface area contributed by atoms with Gasteiger partial charge in [-0.1, -0.05) is 0 Å². The van der Waals surface area contributed by atoms with Gasteiger partial charge in [0.15, 0.2) is 0 Å². The second-order valence-electron chi connectivity index (χ2n) is 5.54. The van der Waals surface area contributed by atoms with E-state index >= 15 is 0 Å². The number of nitrogens with zero attached hydrogens (tertiary/aromatic N) is 1. The van der Waals surface area contributed by atoms with Gasteiger partial charge in [0.25, 0.3) is 0 Å². The van der Waals surface area contributed by atoms with Crippen LogP contribution in [0.2, 0.25) is 0 Å². The van der Waals surface area contributed by atoms with Gasteiger partial charge >= 0.3 is 0 Å². The zero-order valence-electron chi connectivity index (χ0n) is 14.7. The molecule has 1 aliphatic heterocycles. The van der Waals surface area contributed by atoms with Crippen LogP contribution in [0.4, 0.5) is 0 Å². The van der Waals surface area contributed by atoms with Crippen LogP contribution in [0.1, 0.15) is 25.3 Å². The topological polar surface area (TPSA) is 79.9 Å². The van der Waals surface area contributed by atoms with Gasteiger partial charge in [0.1, 0.15) is 12.3 Å². The summed E-state index contributed by atoms with van der Waals surface area (Å²) >= 11 is 0. The number of hydrogen-bond donors (Lipinski definition) is 2. The molecule has 0 aliphatic carbocycles. The van der Waals surface area contributed by atoms with E-state index in [1.54, 1.807) is 7.11 Å². The first kappa shape index (κ1) is 18.8. The van der Waals surface area contributed by atoms with E-state index in [4.69, 9.17) is 9.47 Å². The number of nitrogens with one attached hydrogen (secondary N) is 2. The zero-order valence-corrected chi connectivity index (χ0v) is 14.7. The number of hydrogen-bond acceptors (Lipinski definition) is 5. The molecule has 0 aromatic heterocycles. The Labute approximate surface area is 147 Å². The molecule has 7 heteroatoms. The molecular weight excluding hydrogens is 322 g/mol. The van der Waals surface area contributed by atoms with E-state index in [1.165, 1.54) is 5.01 Å². The molecule has 0 saturated heterocycles. The highest BCUT2D eigenvalue weighted by Crippen LogP contribution is 2.20. The van der Waals surface area contributed by atoms with Crippen molar-refractivity contribution in [1.82, 2.24) is 15.8 Å². The van der Waals surface area contributed by atoms with Crippen molar-refractivity contribution in [2.75, 3.05) is 33.4 Å². The van der Waals surface area contributed by atoms with Gasteiger partial charge in [-0.15, -0.1) is 0 Å². The van der Waals surface area contributed by atoms with Crippen molar-refractivity contribution < 1.29 is 19.1 Å². The third kappa shape index (κ3) is 5.79. The molecule has 2 N–H and O–H groups in total. The van der Waals surface area contributed by atoms with Gasteiger partial charge in [-0.3, -0.25) is 15.0 Å². The van der Waals surface area contributed by atoms with Crippen molar-refractivity contribution in [2.24, 2.45) is 0 Å². The largest absolute Gasteiger partial charge is 0.497 e. The summed E-state index contributed by atoms with van der Waals surface area (Å²) in [7, 11) is 1.61. The maximum Gasteiger partial charge on any atom is 0.245 e. The molecule has 2 rings (SSSR count). The number of hydrazine groups is 1. The summed E-state index contributed by atoms with van der Waals surface area (Å²) in [5.74, 6) is 0.426. The lowest BCUT2D eigenvalue weighted by atomic mass is 10.1. The number of amides is 2. The lowest BCUT2D eigenvalue weighted by Crippen LogP contribution is -2.49. The molecule has 25 heavy (non-hydrogen) atoms. The van der Waals surface area contributed by atoms with E-state index in [2.05, 4.69) is 10.7 Å². The predicted molar refractivity (Wildman–Crippen MR) is 94.6 cm³/mol. The van der Waals surface area contributed by atoms with Crippen LogP contribution in [-0.4, -0.2) is 50.2 Å². The van der Waals surface area contributed by atoms with Crippen LogP contribution in [0.15, 0.2) is 30.3 Å². The Morgan fingerprint density at radius 2 is 2.08 bits per heavy atom. The molecule has 0 spiro atoms. The number of carbonyl (C=O) groups is 2. The van der Waals surface area contributed by atoms with E-state index in [0.29, 0.717) is 19.8 Å². The van der Waals surface area contributed by atoms with Crippen LogP contribution in [0.25, 0.3) is 5.70 Å². The molecule has 0 saturated carbocycles. The summed E-state index contributed by atoms with van der Waals surface area (Å²) in [5.41, 5.74) is 4.74. The molecule has 1 heterocycles. The zero-order chi connectivity index (χ0) is 18.1. The van der Waals surface area contributed by atoms with Crippen molar-refractivity contribution in [1.29, 1.82) is 0 Å². The molecule has 0 fully saturated rings. The van der Waals surface area contributed by atoms with E-state index < -0.39 is 0 Å². The first-order chi connectivity index (χ1) is 12.1. The normalized spacial score (nSPS) is 13.9. The van der Waals surface area contributed by atoms with Gasteiger partial charge in [0.2, 0.25) is 11.8 Å². The average Bonchev–Trinajstić information content (AvgIpc) is 2.63. The smallest absolute Gasteiger partial charge is 0.245 e. The number of benzene rings is 1. The molecule has 1 aromatic rings. The molecule has 136 valence electrons. The second-order valence-corrected chi connectivity index (χ2v) is 5.54. The number of ether oxygens (including phenoxy) is 2. The van der Waals surface area contributed by atoms with Gasteiger partial charge in [-0.2, -0.15) is 0 Å². The molecule has 2 amide bonds. The lowest BCUT2D eigenvalue weighted by Gasteiger charge is -2.28. The fraction of sp³-hybridized carbons (Fsp3) is 0.444. The fourth-order valence-corrected chi connectivity index (χ4v) is 2.38. The molecule has 1 aliphatic rings. The van der Waals surface area contributed by atoms with Gasteiger partial charge in [-0.25, -0.2) is 5.01 Å². The van der Waals surface area contributed by atoms with Gasteiger partial charge in [0, 0.05) is 26.2 Å². The van der Waals surface area contributed by atoms with Crippen molar-refractivity contribution in [3.63, 3.8) is 0 Å². The highest BCUT2D eigenvalue weighted by atomic mass is 16.5. The van der Waals surface area contributed by atoms with Crippen LogP contribution in [-0.2, 0) is 14.3 Å². The quantitative estimate of drug-likeness (QED) is 0.659. The van der Waals surface area contributed by atoms with Crippen molar-refractivity contribution in [3.8, 4) is 5.75 Å². The Kier molecular flexibility index (Phi) is 7.28. The number of carbonyl (C=O) groups excluding carboxylic acids is 2. The summed E-state index contributed by atoms with van der Waals surface area (Å²) in [6.45, 7) is 3.71. The highest BCUT2D eigenvalue weighted by molar-refractivity contribution is 5.88. The molecule has 0 radical (unpaired) electrons.